The van der Waals surface area contributed by atoms with Crippen molar-refractivity contribution >= 4 is 0 Å². The number of aliphatic hydroxyl groups is 1. The molecule has 2 fully saturated rings. The first kappa shape index (κ1) is 14.3. The fourth-order valence-electron chi connectivity index (χ4n) is 4.72. The van der Waals surface area contributed by atoms with Crippen LogP contribution in [-0.2, 0) is 0 Å². The van der Waals surface area contributed by atoms with Gasteiger partial charge < -0.3 is 10.4 Å². The van der Waals surface area contributed by atoms with Gasteiger partial charge in [0.05, 0.1) is 6.61 Å². The van der Waals surface area contributed by atoms with Gasteiger partial charge in [-0.2, -0.15) is 0 Å². The third-order valence-corrected chi connectivity index (χ3v) is 5.65. The summed E-state index contributed by atoms with van der Waals surface area (Å²) in [5.41, 5.74) is 0.843. The molecule has 106 valence electrons. The first-order valence-corrected chi connectivity index (χ1v) is 7.66. The summed E-state index contributed by atoms with van der Waals surface area (Å²) in [4.78, 5) is 0. The van der Waals surface area contributed by atoms with E-state index in [1.54, 1.807) is 0 Å². The van der Waals surface area contributed by atoms with Crippen LogP contribution in [0.4, 0.5) is 0 Å². The van der Waals surface area contributed by atoms with Gasteiger partial charge in [-0.15, -0.1) is 0 Å². The summed E-state index contributed by atoms with van der Waals surface area (Å²) in [6.07, 6.45) is 5.20. The van der Waals surface area contributed by atoms with Crippen LogP contribution in [0.25, 0.3) is 0 Å². The van der Waals surface area contributed by atoms with Crippen molar-refractivity contribution < 1.29 is 5.11 Å². The quantitative estimate of drug-likeness (QED) is 0.788. The number of nitrogens with one attached hydrogen (secondary N) is 1. The maximum Gasteiger partial charge on any atom is 0.0584 e. The molecule has 0 heterocycles. The van der Waals surface area contributed by atoms with E-state index in [9.17, 15) is 5.11 Å². The predicted molar refractivity (Wildman–Crippen MR) is 76.5 cm³/mol. The SMILES string of the molecule is CC(C)CC(CO)NC1C(C)(C)[C@H]2CC[C@]1(C)C2. The molecule has 0 radical (unpaired) electrons. The maximum atomic E-state index is 9.60. The second-order valence-corrected chi connectivity index (χ2v) is 8.02. The molecule has 2 heteroatoms. The molecule has 0 saturated heterocycles. The first-order chi connectivity index (χ1) is 8.29. The van der Waals surface area contributed by atoms with Crippen LogP contribution in [0, 0.1) is 22.7 Å². The highest BCUT2D eigenvalue weighted by molar-refractivity contribution is 5.12. The molecule has 2 aliphatic rings. The number of aliphatic hydroxyl groups excluding tert-OH is 1. The molecule has 18 heavy (non-hydrogen) atoms. The molecule has 2 unspecified atom stereocenters. The van der Waals surface area contributed by atoms with Crippen molar-refractivity contribution in [3.05, 3.63) is 0 Å². The van der Waals surface area contributed by atoms with E-state index in [-0.39, 0.29) is 12.6 Å². The molecule has 2 rings (SSSR count). The highest BCUT2D eigenvalue weighted by atomic mass is 16.3. The van der Waals surface area contributed by atoms with Crippen molar-refractivity contribution in [2.75, 3.05) is 6.61 Å². The summed E-state index contributed by atoms with van der Waals surface area (Å²) in [5.74, 6) is 1.52. The van der Waals surface area contributed by atoms with E-state index in [0.717, 1.165) is 12.3 Å². The van der Waals surface area contributed by atoms with Gasteiger partial charge in [0.2, 0.25) is 0 Å². The van der Waals surface area contributed by atoms with Crippen molar-refractivity contribution in [1.29, 1.82) is 0 Å². The average Bonchev–Trinajstić information content (AvgIpc) is 2.73. The van der Waals surface area contributed by atoms with Gasteiger partial charge in [0.1, 0.15) is 0 Å². The first-order valence-electron chi connectivity index (χ1n) is 7.66. The molecule has 0 aromatic rings. The molecule has 0 amide bonds. The zero-order chi connectivity index (χ0) is 13.6. The smallest absolute Gasteiger partial charge is 0.0584 e. The van der Waals surface area contributed by atoms with E-state index in [1.807, 2.05) is 0 Å². The van der Waals surface area contributed by atoms with Crippen LogP contribution in [-0.4, -0.2) is 23.8 Å². The third-order valence-electron chi connectivity index (χ3n) is 5.65. The van der Waals surface area contributed by atoms with Crippen molar-refractivity contribution in [3.8, 4) is 0 Å². The molecular formula is C16H31NO. The minimum Gasteiger partial charge on any atom is -0.395 e. The summed E-state index contributed by atoms with van der Waals surface area (Å²) in [5, 5.41) is 13.4. The lowest BCUT2D eigenvalue weighted by Gasteiger charge is -2.45. The lowest BCUT2D eigenvalue weighted by molar-refractivity contribution is 0.0824. The summed E-state index contributed by atoms with van der Waals surface area (Å²) in [6, 6.07) is 0.838. The Morgan fingerprint density at radius 3 is 2.39 bits per heavy atom. The molecular weight excluding hydrogens is 222 g/mol. The normalized spacial score (nSPS) is 39.5. The van der Waals surface area contributed by atoms with Crippen LogP contribution < -0.4 is 5.32 Å². The largest absolute Gasteiger partial charge is 0.395 e. The topological polar surface area (TPSA) is 32.3 Å². The molecule has 2 bridgehead atoms. The molecule has 2 N–H and O–H groups in total. The standard InChI is InChI=1S/C16H31NO/c1-11(2)8-13(10-18)17-14-15(3,4)12-6-7-16(14,5)9-12/h11-14,17-18H,6-10H2,1-5H3/t12-,13?,14?,16+/m0/s1. The highest BCUT2D eigenvalue weighted by Crippen LogP contribution is 2.62. The Balaban J connectivity index is 2.07. The molecule has 0 aliphatic heterocycles. The molecule has 2 saturated carbocycles. The van der Waals surface area contributed by atoms with Gasteiger partial charge in [-0.05, 0) is 48.3 Å². The Morgan fingerprint density at radius 1 is 1.28 bits per heavy atom. The maximum absolute atomic E-state index is 9.60. The lowest BCUT2D eigenvalue weighted by Crippen LogP contribution is -2.54. The van der Waals surface area contributed by atoms with Gasteiger partial charge in [-0.1, -0.05) is 34.6 Å². The van der Waals surface area contributed by atoms with Gasteiger partial charge in [-0.25, -0.2) is 0 Å². The van der Waals surface area contributed by atoms with Gasteiger partial charge in [0.25, 0.3) is 0 Å². The molecule has 4 atom stereocenters. The average molecular weight is 253 g/mol. The number of fused-ring (bicyclic) bond motifs is 2. The second-order valence-electron chi connectivity index (χ2n) is 8.02. The lowest BCUT2D eigenvalue weighted by atomic mass is 9.68. The van der Waals surface area contributed by atoms with Crippen LogP contribution in [0.5, 0.6) is 0 Å². The zero-order valence-corrected chi connectivity index (χ0v) is 12.8. The number of rotatable bonds is 5. The van der Waals surface area contributed by atoms with E-state index in [2.05, 4.69) is 39.9 Å². The molecule has 2 nitrogen and oxygen atoms in total. The zero-order valence-electron chi connectivity index (χ0n) is 12.8. The minimum atomic E-state index is 0.269. The van der Waals surface area contributed by atoms with Gasteiger partial charge >= 0.3 is 0 Å². The Kier molecular flexibility index (Phi) is 3.81. The van der Waals surface area contributed by atoms with E-state index < -0.39 is 0 Å². The molecule has 2 aliphatic carbocycles. The Labute approximate surface area is 113 Å². The number of hydrogen-bond acceptors (Lipinski definition) is 2. The van der Waals surface area contributed by atoms with Crippen molar-refractivity contribution in [1.82, 2.24) is 5.32 Å². The van der Waals surface area contributed by atoms with Crippen LogP contribution in [0.2, 0.25) is 0 Å². The predicted octanol–water partition coefficient (Wildman–Crippen LogP) is 3.20. The van der Waals surface area contributed by atoms with E-state index in [4.69, 9.17) is 0 Å². The van der Waals surface area contributed by atoms with Gasteiger partial charge in [0, 0.05) is 12.1 Å². The third kappa shape index (κ3) is 2.34. The van der Waals surface area contributed by atoms with Gasteiger partial charge in [0.15, 0.2) is 0 Å². The second kappa shape index (κ2) is 4.79. The highest BCUT2D eigenvalue weighted by Gasteiger charge is 2.59. The van der Waals surface area contributed by atoms with Crippen LogP contribution in [0.15, 0.2) is 0 Å². The van der Waals surface area contributed by atoms with Crippen molar-refractivity contribution in [2.24, 2.45) is 22.7 Å². The Hall–Kier alpha value is -0.0800. The fourth-order valence-corrected chi connectivity index (χ4v) is 4.72. The summed E-state index contributed by atoms with van der Waals surface area (Å²) >= 11 is 0. The Bertz CT molecular complexity index is 295. The molecule has 0 aromatic carbocycles. The van der Waals surface area contributed by atoms with E-state index in [1.165, 1.54) is 19.3 Å². The minimum absolute atomic E-state index is 0.269. The molecule has 0 spiro atoms. The van der Waals surface area contributed by atoms with Gasteiger partial charge in [-0.3, -0.25) is 0 Å². The summed E-state index contributed by atoms with van der Waals surface area (Å²) in [6.45, 7) is 12.0. The number of hydrogen-bond donors (Lipinski definition) is 2. The van der Waals surface area contributed by atoms with Crippen LogP contribution in [0.3, 0.4) is 0 Å². The van der Waals surface area contributed by atoms with Crippen molar-refractivity contribution in [2.45, 2.75) is 72.4 Å². The molecule has 0 aromatic heterocycles. The van der Waals surface area contributed by atoms with E-state index >= 15 is 0 Å². The monoisotopic (exact) mass is 253 g/mol. The summed E-state index contributed by atoms with van der Waals surface area (Å²) in [7, 11) is 0. The van der Waals surface area contributed by atoms with E-state index in [0.29, 0.717) is 22.8 Å². The van der Waals surface area contributed by atoms with Crippen LogP contribution >= 0.6 is 0 Å². The Morgan fingerprint density at radius 2 is 1.94 bits per heavy atom. The fraction of sp³-hybridized carbons (Fsp3) is 1.00. The van der Waals surface area contributed by atoms with Crippen molar-refractivity contribution in [3.63, 3.8) is 0 Å². The summed E-state index contributed by atoms with van der Waals surface area (Å²) < 4.78 is 0. The van der Waals surface area contributed by atoms with Crippen LogP contribution in [0.1, 0.15) is 60.3 Å².